The molecule has 2 atom stereocenters. The summed E-state index contributed by atoms with van der Waals surface area (Å²) >= 11 is -3.97. The summed E-state index contributed by atoms with van der Waals surface area (Å²) in [6.45, 7) is 8.92. The normalized spacial score (nSPS) is 17.7. The standard InChI is InChI=1S/2C19H19.2ClH.Zr/c2*1-3-14-8-10-16(11-9-14)18-7-5-6-17-12-15(4-2)13-19(17)18;;;/h2*5-13H,3-4H2,1-2H3;2*1H;/q;;;;+2/p-2. The fraction of sp³-hybridized carbons (Fsp3) is 0.263. The second-order valence-electron chi connectivity index (χ2n) is 11.4. The van der Waals surface area contributed by atoms with E-state index in [9.17, 15) is 0 Å². The molecule has 0 amide bonds. The van der Waals surface area contributed by atoms with Crippen LogP contribution in [0.1, 0.15) is 81.2 Å². The summed E-state index contributed by atoms with van der Waals surface area (Å²) < 4.78 is 0.252. The van der Waals surface area contributed by atoms with E-state index in [1.165, 1.54) is 66.8 Å². The van der Waals surface area contributed by atoms with Gasteiger partial charge in [0.05, 0.1) is 0 Å². The average molecular weight is 657 g/mol. The Kier molecular flexibility index (Phi) is 8.35. The first-order valence-corrected chi connectivity index (χ1v) is 24.3. The molecule has 0 aliphatic heterocycles. The molecule has 41 heavy (non-hydrogen) atoms. The molecule has 208 valence electrons. The summed E-state index contributed by atoms with van der Waals surface area (Å²) in [6, 6.07) is 31.5. The molecular weight excluding hydrogens is 619 g/mol. The van der Waals surface area contributed by atoms with Crippen molar-refractivity contribution in [3.63, 3.8) is 0 Å². The Morgan fingerprint density at radius 1 is 0.512 bits per heavy atom. The molecule has 4 aromatic rings. The Balaban J connectivity index is 1.45. The number of hydrogen-bond donors (Lipinski definition) is 0. The van der Waals surface area contributed by atoms with Crippen molar-refractivity contribution in [3.05, 3.63) is 129 Å². The van der Waals surface area contributed by atoms with Crippen LogP contribution in [-0.2, 0) is 30.7 Å². The van der Waals surface area contributed by atoms with E-state index in [0.29, 0.717) is 0 Å². The van der Waals surface area contributed by atoms with Gasteiger partial charge in [0.1, 0.15) is 0 Å². The summed E-state index contributed by atoms with van der Waals surface area (Å²) in [4.78, 5) is 0. The van der Waals surface area contributed by atoms with Gasteiger partial charge in [-0.25, -0.2) is 0 Å². The van der Waals surface area contributed by atoms with Crippen molar-refractivity contribution in [2.45, 2.75) is 60.6 Å². The van der Waals surface area contributed by atoms with E-state index in [1.54, 1.807) is 0 Å². The zero-order valence-electron chi connectivity index (χ0n) is 24.5. The van der Waals surface area contributed by atoms with E-state index in [0.717, 1.165) is 25.7 Å². The van der Waals surface area contributed by atoms with E-state index >= 15 is 0 Å². The van der Waals surface area contributed by atoms with Crippen LogP contribution in [0.2, 0.25) is 0 Å². The van der Waals surface area contributed by atoms with Gasteiger partial charge in [0.25, 0.3) is 0 Å². The Bertz CT molecular complexity index is 1520. The number of hydrogen-bond acceptors (Lipinski definition) is 0. The fourth-order valence-corrected chi connectivity index (χ4v) is 21.0. The third-order valence-electron chi connectivity index (χ3n) is 9.24. The maximum absolute atomic E-state index is 7.92. The molecule has 0 spiro atoms. The second kappa shape index (κ2) is 11.8. The molecule has 2 aliphatic rings. The summed E-state index contributed by atoms with van der Waals surface area (Å²) in [5, 5.41) is 0. The van der Waals surface area contributed by atoms with Crippen LogP contribution in [0.25, 0.3) is 34.4 Å². The summed E-state index contributed by atoms with van der Waals surface area (Å²) in [7, 11) is 15.8. The summed E-state index contributed by atoms with van der Waals surface area (Å²) in [5.74, 6) is 0. The molecule has 2 aliphatic carbocycles. The summed E-state index contributed by atoms with van der Waals surface area (Å²) in [6.07, 6.45) is 8.84. The number of halogens is 2. The van der Waals surface area contributed by atoms with Crippen LogP contribution in [0, 0.1) is 0 Å². The van der Waals surface area contributed by atoms with Gasteiger partial charge in [0.15, 0.2) is 0 Å². The Morgan fingerprint density at radius 3 is 1.24 bits per heavy atom. The first-order valence-electron chi connectivity index (χ1n) is 15.1. The van der Waals surface area contributed by atoms with Crippen LogP contribution in [0.5, 0.6) is 0 Å². The fourth-order valence-electron chi connectivity index (χ4n) is 6.96. The number of allylic oxidation sites excluding steroid dienone is 2. The van der Waals surface area contributed by atoms with Gasteiger partial charge in [-0.2, -0.15) is 0 Å². The first-order chi connectivity index (χ1) is 19.9. The van der Waals surface area contributed by atoms with E-state index in [2.05, 4.69) is 125 Å². The maximum atomic E-state index is 7.92. The van der Waals surface area contributed by atoms with Crippen LogP contribution >= 0.6 is 17.0 Å². The van der Waals surface area contributed by atoms with Gasteiger partial charge in [-0.15, -0.1) is 0 Å². The molecular formula is C38H38Cl2Zr. The van der Waals surface area contributed by atoms with Gasteiger partial charge in [0, 0.05) is 0 Å². The molecule has 0 heterocycles. The number of benzene rings is 4. The number of aryl methyl sites for hydroxylation is 2. The first kappa shape index (κ1) is 28.9. The SMILES string of the molecule is CCC1=Cc2c(-c3ccc(CC)cc3)cccc2[CH]1[Zr]([Cl])([Cl])[CH]1C(CC)=Cc2c(-c3ccc(CC)cc3)cccc21. The molecule has 0 aromatic heterocycles. The van der Waals surface area contributed by atoms with Crippen molar-refractivity contribution < 1.29 is 17.9 Å². The molecule has 0 fully saturated rings. The van der Waals surface area contributed by atoms with E-state index < -0.39 is 17.9 Å². The van der Waals surface area contributed by atoms with Gasteiger partial charge in [-0.05, 0) is 0 Å². The van der Waals surface area contributed by atoms with E-state index in [-0.39, 0.29) is 7.25 Å². The minimum absolute atomic E-state index is 0.126. The van der Waals surface area contributed by atoms with Gasteiger partial charge in [-0.1, -0.05) is 0 Å². The Labute approximate surface area is 257 Å². The van der Waals surface area contributed by atoms with Crippen LogP contribution < -0.4 is 0 Å². The predicted octanol–water partition coefficient (Wildman–Crippen LogP) is 12.0. The van der Waals surface area contributed by atoms with Gasteiger partial charge in [-0.3, -0.25) is 0 Å². The van der Waals surface area contributed by atoms with Crippen molar-refractivity contribution in [1.29, 1.82) is 0 Å². The van der Waals surface area contributed by atoms with Crippen molar-refractivity contribution in [2.24, 2.45) is 0 Å². The van der Waals surface area contributed by atoms with E-state index in [4.69, 9.17) is 17.0 Å². The third-order valence-corrected chi connectivity index (χ3v) is 21.5. The van der Waals surface area contributed by atoms with Gasteiger partial charge >= 0.3 is 259 Å². The zero-order valence-corrected chi connectivity index (χ0v) is 28.4. The molecule has 0 bridgehead atoms. The molecule has 0 nitrogen and oxygen atoms in total. The van der Waals surface area contributed by atoms with Crippen molar-refractivity contribution in [2.75, 3.05) is 0 Å². The van der Waals surface area contributed by atoms with Crippen molar-refractivity contribution >= 4 is 29.2 Å². The Morgan fingerprint density at radius 2 is 0.902 bits per heavy atom. The van der Waals surface area contributed by atoms with Crippen LogP contribution in [0.4, 0.5) is 0 Å². The average Bonchev–Trinajstić information content (AvgIpc) is 3.60. The number of fused-ring (bicyclic) bond motifs is 2. The third kappa shape index (κ3) is 5.07. The van der Waals surface area contributed by atoms with E-state index in [1.807, 2.05) is 0 Å². The number of rotatable bonds is 8. The van der Waals surface area contributed by atoms with Crippen LogP contribution in [0.15, 0.2) is 96.1 Å². The second-order valence-corrected chi connectivity index (χ2v) is 26.1. The van der Waals surface area contributed by atoms with Crippen molar-refractivity contribution in [3.8, 4) is 22.3 Å². The van der Waals surface area contributed by atoms with Crippen molar-refractivity contribution in [1.82, 2.24) is 0 Å². The minimum atomic E-state index is -3.97. The molecule has 3 heteroatoms. The zero-order chi connectivity index (χ0) is 28.7. The van der Waals surface area contributed by atoms with Crippen LogP contribution in [-0.4, -0.2) is 0 Å². The molecule has 2 unspecified atom stereocenters. The predicted molar refractivity (Wildman–Crippen MR) is 176 cm³/mol. The van der Waals surface area contributed by atoms with Gasteiger partial charge < -0.3 is 0 Å². The van der Waals surface area contributed by atoms with Gasteiger partial charge in [0.2, 0.25) is 0 Å². The monoisotopic (exact) mass is 654 g/mol. The summed E-state index contributed by atoms with van der Waals surface area (Å²) in [5.41, 5.74) is 15.9. The Hall–Kier alpha value is -2.18. The molecule has 4 aromatic carbocycles. The molecule has 0 saturated carbocycles. The molecule has 0 saturated heterocycles. The van der Waals surface area contributed by atoms with Crippen LogP contribution in [0.3, 0.4) is 0 Å². The molecule has 0 N–H and O–H groups in total. The quantitative estimate of drug-likeness (QED) is 0.177. The molecule has 0 radical (unpaired) electrons. The topological polar surface area (TPSA) is 0 Å². The molecule has 6 rings (SSSR count).